The van der Waals surface area contributed by atoms with E-state index in [1.54, 1.807) is 6.92 Å². The van der Waals surface area contributed by atoms with Crippen LogP contribution in [0.3, 0.4) is 0 Å². The molecule has 5 atom stereocenters. The zero-order valence-electron chi connectivity index (χ0n) is 7.84. The smallest absolute Gasteiger partial charge is 0.185 e. The number of alkyl halides is 1. The van der Waals surface area contributed by atoms with Crippen molar-refractivity contribution in [2.45, 2.75) is 35.5 Å². The first-order valence-corrected chi connectivity index (χ1v) is 5.74. The topological polar surface area (TPSA) is 79.2 Å². The van der Waals surface area contributed by atoms with Crippen molar-refractivity contribution < 1.29 is 24.8 Å². The second-order valence-electron chi connectivity index (χ2n) is 3.11. The van der Waals surface area contributed by atoms with E-state index in [4.69, 9.17) is 14.6 Å². The maximum atomic E-state index is 9.65. The van der Waals surface area contributed by atoms with Crippen LogP contribution in [0.15, 0.2) is 0 Å². The number of aliphatic hydroxyl groups excluding tert-OH is 3. The quantitative estimate of drug-likeness (QED) is 0.473. The van der Waals surface area contributed by atoms with Crippen LogP contribution in [0, 0.1) is 0 Å². The molecule has 84 valence electrons. The molecule has 5 nitrogen and oxygen atoms in total. The first-order chi connectivity index (χ1) is 6.61. The fourth-order valence-electron chi connectivity index (χ4n) is 1.34. The lowest BCUT2D eigenvalue weighted by atomic mass is 10.0. The normalized spacial score (nSPS) is 43.9. The van der Waals surface area contributed by atoms with Gasteiger partial charge >= 0.3 is 0 Å². The maximum absolute atomic E-state index is 9.65. The van der Waals surface area contributed by atoms with Crippen LogP contribution in [-0.4, -0.2) is 57.1 Å². The van der Waals surface area contributed by atoms with Crippen LogP contribution in [0.2, 0.25) is 0 Å². The predicted octanol–water partition coefficient (Wildman–Crippen LogP) is -0.735. The summed E-state index contributed by atoms with van der Waals surface area (Å²) in [4.78, 5) is 0. The van der Waals surface area contributed by atoms with Crippen LogP contribution in [-0.2, 0) is 9.47 Å². The molecule has 1 aliphatic rings. The van der Waals surface area contributed by atoms with Gasteiger partial charge in [-0.25, -0.2) is 0 Å². The Morgan fingerprint density at radius 2 is 2.00 bits per heavy atom. The van der Waals surface area contributed by atoms with E-state index in [0.717, 1.165) is 0 Å². The number of hydrogen-bond acceptors (Lipinski definition) is 5. The van der Waals surface area contributed by atoms with Gasteiger partial charge in [0.25, 0.3) is 0 Å². The van der Waals surface area contributed by atoms with Gasteiger partial charge in [0, 0.05) is 6.61 Å². The van der Waals surface area contributed by atoms with Crippen molar-refractivity contribution in [3.8, 4) is 0 Å². The lowest BCUT2D eigenvalue weighted by Crippen LogP contribution is -2.56. The van der Waals surface area contributed by atoms with E-state index in [1.165, 1.54) is 0 Å². The van der Waals surface area contributed by atoms with E-state index in [0.29, 0.717) is 6.61 Å². The Bertz CT molecular complexity index is 175. The Morgan fingerprint density at radius 1 is 1.36 bits per heavy atom. The molecule has 6 heteroatoms. The van der Waals surface area contributed by atoms with Crippen LogP contribution < -0.4 is 0 Å². The molecule has 1 unspecified atom stereocenters. The summed E-state index contributed by atoms with van der Waals surface area (Å²) >= 11 is 1.93. The molecule has 0 spiro atoms. The summed E-state index contributed by atoms with van der Waals surface area (Å²) in [6.45, 7) is 1.92. The van der Waals surface area contributed by atoms with Crippen LogP contribution in [0.4, 0.5) is 0 Å². The Kier molecular flexibility index (Phi) is 5.01. The molecule has 0 bridgehead atoms. The molecule has 0 aromatic rings. The van der Waals surface area contributed by atoms with E-state index in [9.17, 15) is 10.2 Å². The molecule has 0 amide bonds. The average Bonchev–Trinajstić information content (AvgIpc) is 2.19. The minimum atomic E-state index is -0.868. The third-order valence-corrected chi connectivity index (χ3v) is 3.61. The molecule has 0 aromatic carbocycles. The molecule has 0 saturated carbocycles. The number of rotatable bonds is 3. The van der Waals surface area contributed by atoms with Gasteiger partial charge in [-0.05, 0) is 6.92 Å². The van der Waals surface area contributed by atoms with E-state index >= 15 is 0 Å². The average molecular weight is 315 g/mol. The van der Waals surface area contributed by atoms with E-state index in [1.807, 2.05) is 22.6 Å². The lowest BCUT2D eigenvalue weighted by molar-refractivity contribution is -0.263. The van der Waals surface area contributed by atoms with E-state index < -0.39 is 28.5 Å². The van der Waals surface area contributed by atoms with Gasteiger partial charge in [0.15, 0.2) is 6.29 Å². The van der Waals surface area contributed by atoms with Gasteiger partial charge in [-0.1, -0.05) is 22.6 Å². The summed E-state index contributed by atoms with van der Waals surface area (Å²) in [6, 6.07) is 0. The number of halogens is 1. The Morgan fingerprint density at radius 3 is 2.50 bits per heavy atom. The fraction of sp³-hybridized carbons (Fsp3) is 1.00. The van der Waals surface area contributed by atoms with Gasteiger partial charge in [-0.15, -0.1) is 0 Å². The molecule has 1 heterocycles. The van der Waals surface area contributed by atoms with Gasteiger partial charge < -0.3 is 24.8 Å². The fourth-order valence-corrected chi connectivity index (χ4v) is 2.15. The van der Waals surface area contributed by atoms with Crippen molar-refractivity contribution in [1.82, 2.24) is 0 Å². The van der Waals surface area contributed by atoms with Crippen LogP contribution in [0.1, 0.15) is 6.92 Å². The van der Waals surface area contributed by atoms with Gasteiger partial charge in [0.05, 0.1) is 16.6 Å². The molecular formula is C8H15IO5. The molecule has 0 aromatic heterocycles. The second kappa shape index (κ2) is 5.57. The molecule has 1 rings (SSSR count). The third kappa shape index (κ3) is 2.56. The summed E-state index contributed by atoms with van der Waals surface area (Å²) in [5.74, 6) is 0. The minimum absolute atomic E-state index is 0.281. The summed E-state index contributed by atoms with van der Waals surface area (Å²) < 4.78 is 9.95. The second-order valence-corrected chi connectivity index (χ2v) is 4.54. The van der Waals surface area contributed by atoms with Crippen molar-refractivity contribution in [1.29, 1.82) is 0 Å². The number of aliphatic hydroxyl groups is 3. The van der Waals surface area contributed by atoms with Gasteiger partial charge in [0.1, 0.15) is 12.2 Å². The van der Waals surface area contributed by atoms with Crippen molar-refractivity contribution in [2.75, 3.05) is 13.2 Å². The molecular weight excluding hydrogens is 300 g/mol. The van der Waals surface area contributed by atoms with Crippen LogP contribution in [0.25, 0.3) is 0 Å². The monoisotopic (exact) mass is 315 g/mol. The summed E-state index contributed by atoms with van der Waals surface area (Å²) in [6.07, 6.45) is -3.18. The highest BCUT2D eigenvalue weighted by Crippen LogP contribution is 2.27. The third-order valence-electron chi connectivity index (χ3n) is 2.13. The Labute approximate surface area is 96.2 Å². The maximum Gasteiger partial charge on any atom is 0.185 e. The number of ether oxygens (including phenoxy) is 2. The molecule has 1 fully saturated rings. The Balaban J connectivity index is 2.63. The summed E-state index contributed by atoms with van der Waals surface area (Å²) in [7, 11) is 0. The molecule has 3 N–H and O–H groups in total. The van der Waals surface area contributed by atoms with Crippen LogP contribution in [0.5, 0.6) is 0 Å². The Hall–Kier alpha value is 0.530. The van der Waals surface area contributed by atoms with Crippen molar-refractivity contribution >= 4 is 22.6 Å². The van der Waals surface area contributed by atoms with Gasteiger partial charge in [-0.2, -0.15) is 0 Å². The summed E-state index contributed by atoms with van der Waals surface area (Å²) in [5, 5.41) is 28.2. The molecule has 0 radical (unpaired) electrons. The van der Waals surface area contributed by atoms with Crippen molar-refractivity contribution in [2.24, 2.45) is 0 Å². The van der Waals surface area contributed by atoms with Gasteiger partial charge in [-0.3, -0.25) is 0 Å². The highest BCUT2D eigenvalue weighted by molar-refractivity contribution is 14.1. The lowest BCUT2D eigenvalue weighted by Gasteiger charge is -2.39. The van der Waals surface area contributed by atoms with E-state index in [-0.39, 0.29) is 6.61 Å². The molecule has 1 saturated heterocycles. The molecule has 0 aliphatic carbocycles. The number of hydrogen-bond donors (Lipinski definition) is 3. The first kappa shape index (κ1) is 12.6. The van der Waals surface area contributed by atoms with Crippen molar-refractivity contribution in [3.05, 3.63) is 0 Å². The SMILES string of the molecule is CCOC1O[C@H](CO)[C@H](O)[C@H]([124I])[C@H]1O. The predicted molar refractivity (Wildman–Crippen MR) is 57.2 cm³/mol. The minimum Gasteiger partial charge on any atom is -0.394 e. The zero-order chi connectivity index (χ0) is 10.7. The van der Waals surface area contributed by atoms with Crippen LogP contribution >= 0.6 is 22.6 Å². The van der Waals surface area contributed by atoms with E-state index in [2.05, 4.69) is 0 Å². The summed E-state index contributed by atoms with van der Waals surface area (Å²) in [5.41, 5.74) is 0. The zero-order valence-corrected chi connectivity index (χ0v) is 9.99. The standard InChI is InChI=1S/C8H15IO5/c1-2-13-8-7(12)5(9)6(11)4(3-10)14-8/h4-8,10-12H,2-3H2,1H3/t4-,5+,6+,7-,8?/m1/s1/i9-3. The highest BCUT2D eigenvalue weighted by Gasteiger charge is 2.43. The highest BCUT2D eigenvalue weighted by atomic mass is 124. The molecule has 14 heavy (non-hydrogen) atoms. The van der Waals surface area contributed by atoms with Crippen molar-refractivity contribution in [3.63, 3.8) is 0 Å². The van der Waals surface area contributed by atoms with Gasteiger partial charge in [0.2, 0.25) is 0 Å². The molecule has 1 aliphatic heterocycles. The largest absolute Gasteiger partial charge is 0.394 e. The first-order valence-electron chi connectivity index (χ1n) is 4.50.